The van der Waals surface area contributed by atoms with E-state index in [0.29, 0.717) is 34.7 Å². The third-order valence-corrected chi connectivity index (χ3v) is 8.32. The van der Waals surface area contributed by atoms with Gasteiger partial charge in [0.15, 0.2) is 11.5 Å². The molecule has 35 heavy (non-hydrogen) atoms. The molecule has 0 spiro atoms. The SMILES string of the molecule is CCCO[P@](=O)(c1ccc(N(C)C)cc1)[C@@H](Nc1ccccc1)c1cc(OC)c(OC)c(OC)c1. The minimum Gasteiger partial charge on any atom is -0.493 e. The molecule has 7 nitrogen and oxygen atoms in total. The predicted octanol–water partition coefficient (Wildman–Crippen LogP) is 5.92. The van der Waals surface area contributed by atoms with E-state index in [-0.39, 0.29) is 0 Å². The van der Waals surface area contributed by atoms with Crippen molar-refractivity contribution in [3.05, 3.63) is 72.3 Å². The number of anilines is 2. The summed E-state index contributed by atoms with van der Waals surface area (Å²) in [5.74, 6) is 0.714. The first-order valence-electron chi connectivity index (χ1n) is 11.5. The van der Waals surface area contributed by atoms with Crippen molar-refractivity contribution in [2.75, 3.05) is 52.2 Å². The molecule has 0 fully saturated rings. The average molecular weight is 499 g/mol. The summed E-state index contributed by atoms with van der Waals surface area (Å²) < 4.78 is 37.8. The normalized spacial score (nSPS) is 13.4. The predicted molar refractivity (Wildman–Crippen MR) is 143 cm³/mol. The van der Waals surface area contributed by atoms with Crippen molar-refractivity contribution in [1.82, 2.24) is 0 Å². The van der Waals surface area contributed by atoms with Gasteiger partial charge < -0.3 is 29.0 Å². The third-order valence-electron chi connectivity index (χ3n) is 5.63. The second kappa shape index (κ2) is 12.0. The van der Waals surface area contributed by atoms with Crippen LogP contribution in [0.5, 0.6) is 17.2 Å². The van der Waals surface area contributed by atoms with Gasteiger partial charge in [-0.25, -0.2) is 0 Å². The molecule has 8 heteroatoms. The van der Waals surface area contributed by atoms with Gasteiger partial charge in [0, 0.05) is 30.8 Å². The summed E-state index contributed by atoms with van der Waals surface area (Å²) in [5, 5.41) is 4.09. The maximum absolute atomic E-state index is 14.9. The minimum absolute atomic E-state index is 0.351. The second-order valence-electron chi connectivity index (χ2n) is 8.21. The number of para-hydroxylation sites is 1. The van der Waals surface area contributed by atoms with E-state index in [4.69, 9.17) is 18.7 Å². The van der Waals surface area contributed by atoms with Crippen molar-refractivity contribution in [2.45, 2.75) is 19.1 Å². The van der Waals surface area contributed by atoms with Gasteiger partial charge in [-0.05, 0) is 60.5 Å². The van der Waals surface area contributed by atoms with Crippen molar-refractivity contribution < 1.29 is 23.3 Å². The summed E-state index contributed by atoms with van der Waals surface area (Å²) >= 11 is 0. The number of hydrogen-bond acceptors (Lipinski definition) is 7. The highest BCUT2D eigenvalue weighted by molar-refractivity contribution is 7.67. The van der Waals surface area contributed by atoms with E-state index in [2.05, 4.69) is 5.32 Å². The Morgan fingerprint density at radius 3 is 1.97 bits per heavy atom. The quantitative estimate of drug-likeness (QED) is 0.311. The first-order chi connectivity index (χ1) is 16.9. The van der Waals surface area contributed by atoms with Crippen molar-refractivity contribution in [2.24, 2.45) is 0 Å². The van der Waals surface area contributed by atoms with Gasteiger partial charge in [-0.3, -0.25) is 4.57 Å². The summed E-state index contributed by atoms with van der Waals surface area (Å²) in [6, 6.07) is 21.0. The van der Waals surface area contributed by atoms with E-state index in [0.717, 1.165) is 17.8 Å². The molecule has 3 aromatic carbocycles. The Kier molecular flexibility index (Phi) is 9.07. The molecular weight excluding hydrogens is 463 g/mol. The Hall–Kier alpha value is -3.15. The molecule has 3 aromatic rings. The Balaban J connectivity index is 2.23. The fourth-order valence-corrected chi connectivity index (χ4v) is 6.27. The number of benzene rings is 3. The molecule has 1 N–H and O–H groups in total. The lowest BCUT2D eigenvalue weighted by Gasteiger charge is -2.31. The van der Waals surface area contributed by atoms with Crippen LogP contribution in [0.1, 0.15) is 24.7 Å². The second-order valence-corrected chi connectivity index (χ2v) is 10.7. The molecule has 188 valence electrons. The number of rotatable bonds is 12. The van der Waals surface area contributed by atoms with Gasteiger partial charge in [0.05, 0.1) is 27.9 Å². The molecule has 0 aliphatic rings. The van der Waals surface area contributed by atoms with Gasteiger partial charge in [-0.15, -0.1) is 0 Å². The molecule has 0 heterocycles. The summed E-state index contributed by atoms with van der Waals surface area (Å²) in [7, 11) is 5.12. The highest BCUT2D eigenvalue weighted by Gasteiger charge is 2.39. The molecule has 0 amide bonds. The van der Waals surface area contributed by atoms with Crippen LogP contribution in [0.15, 0.2) is 66.7 Å². The summed E-state index contributed by atoms with van der Waals surface area (Å²) in [6.45, 7) is 2.35. The Bertz CT molecular complexity index is 1110. The van der Waals surface area contributed by atoms with E-state index in [9.17, 15) is 4.57 Å². The van der Waals surface area contributed by atoms with Gasteiger partial charge in [0.25, 0.3) is 7.37 Å². The van der Waals surface area contributed by atoms with Crippen molar-refractivity contribution in [3.8, 4) is 17.2 Å². The number of nitrogens with zero attached hydrogens (tertiary/aromatic N) is 1. The summed E-state index contributed by atoms with van der Waals surface area (Å²) in [4.78, 5) is 2.00. The lowest BCUT2D eigenvalue weighted by molar-refractivity contribution is 0.314. The highest BCUT2D eigenvalue weighted by atomic mass is 31.2. The molecule has 0 saturated heterocycles. The standard InChI is InChI=1S/C27H35N2O5P/c1-7-17-34-35(30,23-15-13-22(14-16-23)29(2)3)27(28-21-11-9-8-10-12-21)20-18-24(31-4)26(33-6)25(19-20)32-5/h8-16,18-19,27-28H,7,17H2,1-6H3/t27-,35-/m1/s1. The maximum Gasteiger partial charge on any atom is 0.258 e. The molecular formula is C27H35N2O5P. The van der Waals surface area contributed by atoms with Crippen LogP contribution >= 0.6 is 7.37 Å². The van der Waals surface area contributed by atoms with Crippen molar-refractivity contribution in [1.29, 1.82) is 0 Å². The van der Waals surface area contributed by atoms with E-state index in [1.165, 1.54) is 0 Å². The zero-order valence-electron chi connectivity index (χ0n) is 21.3. The maximum atomic E-state index is 14.9. The van der Waals surface area contributed by atoms with E-state index in [1.807, 2.05) is 92.6 Å². The number of hydrogen-bond donors (Lipinski definition) is 1. The van der Waals surface area contributed by atoms with E-state index < -0.39 is 13.2 Å². The van der Waals surface area contributed by atoms with Gasteiger partial charge in [-0.2, -0.15) is 0 Å². The molecule has 0 radical (unpaired) electrons. The minimum atomic E-state index is -3.50. The zero-order chi connectivity index (χ0) is 25.4. The molecule has 0 unspecified atom stereocenters. The summed E-state index contributed by atoms with van der Waals surface area (Å²) in [5.41, 5.74) is 2.52. The topological polar surface area (TPSA) is 69.3 Å². The van der Waals surface area contributed by atoms with Crippen LogP contribution in [0.3, 0.4) is 0 Å². The van der Waals surface area contributed by atoms with E-state index in [1.54, 1.807) is 21.3 Å². The Morgan fingerprint density at radius 2 is 1.49 bits per heavy atom. The van der Waals surface area contributed by atoms with Crippen LogP contribution in [-0.4, -0.2) is 42.0 Å². The lowest BCUT2D eigenvalue weighted by atomic mass is 10.1. The smallest absolute Gasteiger partial charge is 0.258 e. The van der Waals surface area contributed by atoms with E-state index >= 15 is 0 Å². The molecule has 0 aromatic heterocycles. The largest absolute Gasteiger partial charge is 0.493 e. The molecule has 0 aliphatic heterocycles. The lowest BCUT2D eigenvalue weighted by Crippen LogP contribution is -2.21. The van der Waals surface area contributed by atoms with Gasteiger partial charge in [-0.1, -0.05) is 25.1 Å². The fraction of sp³-hybridized carbons (Fsp3) is 0.333. The first-order valence-corrected chi connectivity index (χ1v) is 13.2. The Labute approximate surface area is 208 Å². The van der Waals surface area contributed by atoms with Crippen LogP contribution in [0.2, 0.25) is 0 Å². The molecule has 3 rings (SSSR count). The monoisotopic (exact) mass is 498 g/mol. The fourth-order valence-electron chi connectivity index (χ4n) is 3.80. The average Bonchev–Trinajstić information content (AvgIpc) is 2.90. The first kappa shape index (κ1) is 26.5. The van der Waals surface area contributed by atoms with Crippen molar-refractivity contribution in [3.63, 3.8) is 0 Å². The van der Waals surface area contributed by atoms with Gasteiger partial charge in [0.1, 0.15) is 5.78 Å². The third kappa shape index (κ3) is 5.92. The highest BCUT2D eigenvalue weighted by Crippen LogP contribution is 2.60. The van der Waals surface area contributed by atoms with Crippen LogP contribution in [0, 0.1) is 0 Å². The van der Waals surface area contributed by atoms with Crippen LogP contribution in [0.4, 0.5) is 11.4 Å². The molecule has 2 atom stereocenters. The Morgan fingerprint density at radius 1 is 0.886 bits per heavy atom. The number of methoxy groups -OCH3 is 3. The number of ether oxygens (including phenoxy) is 3. The zero-order valence-corrected chi connectivity index (χ0v) is 22.2. The number of nitrogens with one attached hydrogen (secondary N) is 1. The van der Waals surface area contributed by atoms with Gasteiger partial charge in [0.2, 0.25) is 5.75 Å². The molecule has 0 aliphatic carbocycles. The van der Waals surface area contributed by atoms with Gasteiger partial charge >= 0.3 is 0 Å². The molecule has 0 saturated carbocycles. The van der Waals surface area contributed by atoms with Crippen LogP contribution in [0.25, 0.3) is 0 Å². The van der Waals surface area contributed by atoms with Crippen molar-refractivity contribution >= 4 is 24.0 Å². The van der Waals surface area contributed by atoms with Crippen LogP contribution < -0.4 is 29.7 Å². The van der Waals surface area contributed by atoms with Crippen LogP contribution in [-0.2, 0) is 9.09 Å². The summed E-state index contributed by atoms with van der Waals surface area (Å²) in [6.07, 6.45) is 0.729. The molecule has 0 bridgehead atoms.